The maximum atomic E-state index is 12.5. The predicted molar refractivity (Wildman–Crippen MR) is 299 cm³/mol. The first-order valence-electron chi connectivity index (χ1n) is 24.7. The highest BCUT2D eigenvalue weighted by Crippen LogP contribution is 2.50. The van der Waals surface area contributed by atoms with Crippen LogP contribution in [0, 0.1) is 22.7 Å². The third-order valence-electron chi connectivity index (χ3n) is 15.4. The molecule has 0 spiro atoms. The molecule has 0 bridgehead atoms. The third-order valence-corrected chi connectivity index (χ3v) is 15.4. The van der Waals surface area contributed by atoms with Crippen LogP contribution in [0.1, 0.15) is 37.5 Å². The summed E-state index contributed by atoms with van der Waals surface area (Å²) in [7, 11) is 0. The summed E-state index contributed by atoms with van der Waals surface area (Å²) in [5.74, 6) is 0. The minimum atomic E-state index is -0.166. The summed E-state index contributed by atoms with van der Waals surface area (Å²) in [4.78, 5) is 0. The lowest BCUT2D eigenvalue weighted by Crippen LogP contribution is -2.17. The van der Waals surface area contributed by atoms with Crippen molar-refractivity contribution in [3.63, 3.8) is 0 Å². The average molecular weight is 935 g/mol. The van der Waals surface area contributed by atoms with Gasteiger partial charge >= 0.3 is 0 Å². The van der Waals surface area contributed by atoms with Crippen molar-refractivity contribution < 1.29 is 4.42 Å². The largest absolute Gasteiger partial charge is 0.454 e. The fourth-order valence-electron chi connectivity index (χ4n) is 12.3. The molecule has 0 unspecified atom stereocenters. The van der Waals surface area contributed by atoms with Gasteiger partial charge in [-0.15, -0.1) is 0 Å². The van der Waals surface area contributed by atoms with Crippen molar-refractivity contribution in [1.29, 1.82) is 10.5 Å². The van der Waals surface area contributed by atoms with Gasteiger partial charge in [0.05, 0.1) is 66.9 Å². The highest BCUT2D eigenvalue weighted by molar-refractivity contribution is 6.23. The zero-order valence-electron chi connectivity index (χ0n) is 40.1. The quantitative estimate of drug-likeness (QED) is 0.176. The zero-order chi connectivity index (χ0) is 48.9. The molecule has 0 fully saturated rings. The van der Waals surface area contributed by atoms with Crippen molar-refractivity contribution in [3.8, 4) is 34.9 Å². The summed E-state index contributed by atoms with van der Waals surface area (Å²) >= 11 is 0. The van der Waals surface area contributed by atoms with Gasteiger partial charge in [-0.25, -0.2) is 0 Å². The molecule has 15 aromatic rings. The number of hydrogen-bond acceptors (Lipinski definition) is 3. The molecule has 0 radical (unpaired) electrons. The third kappa shape index (κ3) is 5.45. The number of rotatable bonds is 4. The molecule has 0 aliphatic carbocycles. The molecule has 73 heavy (non-hydrogen) atoms. The molecule has 342 valence electrons. The number of furan rings is 1. The van der Waals surface area contributed by atoms with Crippen LogP contribution in [-0.4, -0.2) is 18.3 Å². The molecule has 0 saturated heterocycles. The number of nitriles is 2. The number of fused-ring (bicyclic) bond motifs is 16. The van der Waals surface area contributed by atoms with E-state index < -0.39 is 0 Å². The number of hydrogen-bond donors (Lipinski definition) is 0. The van der Waals surface area contributed by atoms with Crippen LogP contribution < -0.4 is 0 Å². The van der Waals surface area contributed by atoms with Gasteiger partial charge in [0.25, 0.3) is 0 Å². The highest BCUT2D eigenvalue weighted by Gasteiger charge is 2.35. The number of nitrogens with zero attached hydrogens (tertiary/aromatic N) is 6. The van der Waals surface area contributed by atoms with Crippen LogP contribution >= 0.6 is 0 Å². The van der Waals surface area contributed by atoms with E-state index in [1.54, 1.807) is 0 Å². The molecule has 0 atom stereocenters. The molecule has 5 aromatic heterocycles. The maximum Gasteiger partial charge on any atom is 0.160 e. The van der Waals surface area contributed by atoms with Crippen LogP contribution in [0.25, 0.3) is 132 Å². The summed E-state index contributed by atoms with van der Waals surface area (Å²) in [5, 5.41) is 35.2. The van der Waals surface area contributed by atoms with E-state index in [0.717, 1.165) is 109 Å². The molecule has 0 aliphatic heterocycles. The standard InChI is InChI=1S/C66H42N6O/c1-66(2,3)39-32-35-58-49(36-39)47-33-34-48-46-24-10-17-31-59(46)73-65(48)63(47)72(58)64-61(70-54-27-13-6-20-42(54)43-21-7-14-28-55(43)70)50(37-67)60(69-52-25-11-4-18-40(52)41-19-5-12-26-53(41)69)51(38-68)62(64)71-56-29-15-8-22-44(56)45-23-9-16-30-57(45)71/h4-36H,1-3H3. The van der Waals surface area contributed by atoms with Gasteiger partial charge in [0.2, 0.25) is 0 Å². The number of para-hydroxylation sites is 7. The first-order valence-corrected chi connectivity index (χ1v) is 24.7. The van der Waals surface area contributed by atoms with E-state index in [-0.39, 0.29) is 5.41 Å². The monoisotopic (exact) mass is 934 g/mol. The second-order valence-corrected chi connectivity index (χ2v) is 20.2. The average Bonchev–Trinajstić information content (AvgIpc) is 4.24. The molecule has 7 nitrogen and oxygen atoms in total. The Morgan fingerprint density at radius 1 is 0.342 bits per heavy atom. The van der Waals surface area contributed by atoms with Crippen LogP contribution in [0.15, 0.2) is 205 Å². The highest BCUT2D eigenvalue weighted by atomic mass is 16.3. The molecule has 7 heteroatoms. The fraction of sp³-hybridized carbons (Fsp3) is 0.0606. The Balaban J connectivity index is 1.30. The van der Waals surface area contributed by atoms with Gasteiger partial charge in [-0.2, -0.15) is 10.5 Å². The number of aromatic nitrogens is 4. The Morgan fingerprint density at radius 3 is 1.14 bits per heavy atom. The Hall–Kier alpha value is -9.82. The van der Waals surface area contributed by atoms with Gasteiger partial charge in [0.1, 0.15) is 28.8 Å². The molecule has 0 N–H and O–H groups in total. The van der Waals surface area contributed by atoms with E-state index in [0.29, 0.717) is 33.9 Å². The summed E-state index contributed by atoms with van der Waals surface area (Å²) in [5.41, 5.74) is 12.9. The van der Waals surface area contributed by atoms with Crippen LogP contribution in [0.3, 0.4) is 0 Å². The van der Waals surface area contributed by atoms with E-state index >= 15 is 0 Å². The van der Waals surface area contributed by atoms with Crippen molar-refractivity contribution in [1.82, 2.24) is 18.3 Å². The molecular formula is C66H42N6O. The van der Waals surface area contributed by atoms with E-state index in [1.807, 2.05) is 24.3 Å². The predicted octanol–water partition coefficient (Wildman–Crippen LogP) is 17.0. The molecule has 5 heterocycles. The molecular weight excluding hydrogens is 893 g/mol. The van der Waals surface area contributed by atoms with Crippen molar-refractivity contribution in [2.45, 2.75) is 26.2 Å². The van der Waals surface area contributed by atoms with E-state index in [4.69, 9.17) is 4.42 Å². The zero-order valence-corrected chi connectivity index (χ0v) is 40.1. The van der Waals surface area contributed by atoms with Gasteiger partial charge in [0.15, 0.2) is 5.58 Å². The lowest BCUT2D eigenvalue weighted by Gasteiger charge is -2.27. The summed E-state index contributed by atoms with van der Waals surface area (Å²) in [6, 6.07) is 75.7. The second-order valence-electron chi connectivity index (χ2n) is 20.2. The van der Waals surface area contributed by atoms with Gasteiger partial charge in [-0.05, 0) is 71.6 Å². The second kappa shape index (κ2) is 14.9. The molecule has 0 aliphatic rings. The van der Waals surface area contributed by atoms with E-state index in [2.05, 4.69) is 227 Å². The van der Waals surface area contributed by atoms with E-state index in [9.17, 15) is 10.5 Å². The summed E-state index contributed by atoms with van der Waals surface area (Å²) < 4.78 is 16.2. The van der Waals surface area contributed by atoms with Crippen LogP contribution in [-0.2, 0) is 5.41 Å². The van der Waals surface area contributed by atoms with Crippen LogP contribution in [0.5, 0.6) is 0 Å². The normalized spacial score (nSPS) is 12.3. The first kappa shape index (κ1) is 41.0. The Labute approximate surface area is 418 Å². The van der Waals surface area contributed by atoms with Gasteiger partial charge < -0.3 is 22.7 Å². The first-order chi connectivity index (χ1) is 35.8. The van der Waals surface area contributed by atoms with Crippen molar-refractivity contribution >= 4 is 109 Å². The fourth-order valence-corrected chi connectivity index (χ4v) is 12.3. The SMILES string of the molecule is CC(C)(C)c1ccc2c(c1)c1ccc3c4ccccc4oc3c1n2-c1c(-n2c3ccccc3c3ccccc32)c(C#N)c(-n2c3ccccc3c3ccccc32)c(C#N)c1-n1c2ccccc2c2ccccc21. The van der Waals surface area contributed by atoms with Crippen LogP contribution in [0.2, 0.25) is 0 Å². The minimum absolute atomic E-state index is 0.166. The smallest absolute Gasteiger partial charge is 0.160 e. The van der Waals surface area contributed by atoms with Crippen molar-refractivity contribution in [2.75, 3.05) is 0 Å². The van der Waals surface area contributed by atoms with E-state index in [1.165, 1.54) is 5.56 Å². The molecule has 0 saturated carbocycles. The maximum absolute atomic E-state index is 12.5. The Kier molecular flexibility index (Phi) is 8.34. The lowest BCUT2D eigenvalue weighted by molar-refractivity contribution is 0.591. The van der Waals surface area contributed by atoms with Crippen molar-refractivity contribution in [3.05, 3.63) is 217 Å². The minimum Gasteiger partial charge on any atom is -0.454 e. The van der Waals surface area contributed by atoms with Crippen molar-refractivity contribution in [2.24, 2.45) is 0 Å². The Morgan fingerprint density at radius 2 is 0.712 bits per heavy atom. The molecule has 15 rings (SSSR count). The Bertz CT molecular complexity index is 4680. The molecule has 10 aromatic carbocycles. The number of benzene rings is 10. The lowest BCUT2D eigenvalue weighted by atomic mass is 9.86. The van der Waals surface area contributed by atoms with Crippen LogP contribution in [0.4, 0.5) is 0 Å². The molecule has 0 amide bonds. The van der Waals surface area contributed by atoms with Gasteiger partial charge in [-0.1, -0.05) is 160 Å². The summed E-state index contributed by atoms with van der Waals surface area (Å²) in [6.07, 6.45) is 0. The topological polar surface area (TPSA) is 80.4 Å². The summed E-state index contributed by atoms with van der Waals surface area (Å²) in [6.45, 7) is 6.74. The van der Waals surface area contributed by atoms with Gasteiger partial charge in [-0.3, -0.25) is 0 Å². The van der Waals surface area contributed by atoms with Gasteiger partial charge in [0, 0.05) is 53.9 Å².